The van der Waals surface area contributed by atoms with Crippen molar-refractivity contribution in [1.82, 2.24) is 4.72 Å². The number of carbonyl (C=O) groups is 3. The van der Waals surface area contributed by atoms with Gasteiger partial charge in [0.1, 0.15) is 11.5 Å². The van der Waals surface area contributed by atoms with Crippen LogP contribution in [0.1, 0.15) is 39.2 Å². The molecule has 9 nitrogen and oxygen atoms in total. The third kappa shape index (κ3) is 5.69. The topological polar surface area (TPSA) is 145 Å². The van der Waals surface area contributed by atoms with Crippen LogP contribution in [0.3, 0.4) is 0 Å². The minimum atomic E-state index is -3.88. The SMILES string of the molecule is Cc1ccc(S(=O)(=O)NCC(=O)OCC(=O)Nc2sc3c(c2C(N)=O)CCCC3)cc1. The summed E-state index contributed by atoms with van der Waals surface area (Å²) in [6, 6.07) is 6.13. The van der Waals surface area contributed by atoms with Gasteiger partial charge in [0.15, 0.2) is 6.61 Å². The van der Waals surface area contributed by atoms with Crippen LogP contribution >= 0.6 is 11.3 Å². The Hall–Kier alpha value is -2.76. The monoisotopic (exact) mass is 465 g/mol. The summed E-state index contributed by atoms with van der Waals surface area (Å²) in [5, 5.41) is 2.92. The van der Waals surface area contributed by atoms with Crippen LogP contribution in [0.15, 0.2) is 29.2 Å². The van der Waals surface area contributed by atoms with E-state index < -0.39 is 41.0 Å². The first kappa shape index (κ1) is 22.9. The number of ether oxygens (including phenoxy) is 1. The molecule has 11 heteroatoms. The average Bonchev–Trinajstić information content (AvgIpc) is 3.09. The lowest BCUT2D eigenvalue weighted by atomic mass is 9.95. The zero-order valence-electron chi connectivity index (χ0n) is 16.9. The summed E-state index contributed by atoms with van der Waals surface area (Å²) >= 11 is 1.30. The molecule has 166 valence electrons. The third-order valence-electron chi connectivity index (χ3n) is 4.77. The molecule has 1 aromatic heterocycles. The molecule has 0 bridgehead atoms. The van der Waals surface area contributed by atoms with E-state index in [1.165, 1.54) is 23.5 Å². The van der Waals surface area contributed by atoms with Gasteiger partial charge in [0, 0.05) is 4.88 Å². The van der Waals surface area contributed by atoms with Gasteiger partial charge in [-0.1, -0.05) is 17.7 Å². The van der Waals surface area contributed by atoms with Crippen LogP contribution in [0.2, 0.25) is 0 Å². The van der Waals surface area contributed by atoms with Gasteiger partial charge >= 0.3 is 5.97 Å². The van der Waals surface area contributed by atoms with Crippen LogP contribution in [0.5, 0.6) is 0 Å². The summed E-state index contributed by atoms with van der Waals surface area (Å²) in [6.07, 6.45) is 3.52. The Kier molecular flexibility index (Phi) is 7.08. The summed E-state index contributed by atoms with van der Waals surface area (Å²) < 4.78 is 31.3. The zero-order chi connectivity index (χ0) is 22.6. The fraction of sp³-hybridized carbons (Fsp3) is 0.350. The van der Waals surface area contributed by atoms with Gasteiger partial charge in [-0.05, 0) is 50.3 Å². The molecule has 4 N–H and O–H groups in total. The predicted octanol–water partition coefficient (Wildman–Crippen LogP) is 1.49. The lowest BCUT2D eigenvalue weighted by molar-refractivity contribution is -0.146. The number of amides is 2. The number of nitrogens with two attached hydrogens (primary N) is 1. The van der Waals surface area contributed by atoms with E-state index in [0.717, 1.165) is 41.7 Å². The molecule has 0 atom stereocenters. The fourth-order valence-electron chi connectivity index (χ4n) is 3.23. The average molecular weight is 466 g/mol. The van der Waals surface area contributed by atoms with E-state index in [2.05, 4.69) is 10.0 Å². The van der Waals surface area contributed by atoms with E-state index in [1.54, 1.807) is 12.1 Å². The summed E-state index contributed by atoms with van der Waals surface area (Å²) in [4.78, 5) is 36.9. The molecule has 0 aliphatic heterocycles. The lowest BCUT2D eigenvalue weighted by Crippen LogP contribution is -2.32. The summed E-state index contributed by atoms with van der Waals surface area (Å²) in [7, 11) is -3.88. The Morgan fingerprint density at radius 1 is 1.13 bits per heavy atom. The smallest absolute Gasteiger partial charge is 0.321 e. The number of anilines is 1. The molecule has 1 heterocycles. The van der Waals surface area contributed by atoms with E-state index in [1.807, 2.05) is 6.92 Å². The van der Waals surface area contributed by atoms with Gasteiger partial charge in [0.25, 0.3) is 11.8 Å². The van der Waals surface area contributed by atoms with Crippen LogP contribution in [-0.4, -0.2) is 39.4 Å². The number of carbonyl (C=O) groups excluding carboxylic acids is 3. The number of primary amides is 1. The van der Waals surface area contributed by atoms with Crippen molar-refractivity contribution in [3.05, 3.63) is 45.8 Å². The molecule has 1 aliphatic rings. The van der Waals surface area contributed by atoms with E-state index in [9.17, 15) is 22.8 Å². The van der Waals surface area contributed by atoms with Crippen molar-refractivity contribution in [2.24, 2.45) is 5.73 Å². The molecule has 0 saturated heterocycles. The van der Waals surface area contributed by atoms with Gasteiger partial charge < -0.3 is 15.8 Å². The molecule has 0 spiro atoms. The van der Waals surface area contributed by atoms with Gasteiger partial charge in [-0.15, -0.1) is 11.3 Å². The standard InChI is InChI=1S/C20H23N3O6S2/c1-12-6-8-13(9-7-12)31(27,28)22-10-17(25)29-11-16(24)23-20-18(19(21)26)14-4-2-3-5-15(14)30-20/h6-9,22H,2-5,10-11H2,1H3,(H2,21,26)(H,23,24). The molecule has 2 aromatic rings. The molecule has 0 fully saturated rings. The minimum Gasteiger partial charge on any atom is -0.455 e. The Morgan fingerprint density at radius 3 is 2.48 bits per heavy atom. The summed E-state index contributed by atoms with van der Waals surface area (Å²) in [5.74, 6) is -2.17. The Labute approximate surface area is 184 Å². The molecular formula is C20H23N3O6S2. The molecule has 31 heavy (non-hydrogen) atoms. The van der Waals surface area contributed by atoms with Crippen molar-refractivity contribution in [2.75, 3.05) is 18.5 Å². The first-order valence-corrected chi connectivity index (χ1v) is 11.9. The highest BCUT2D eigenvalue weighted by molar-refractivity contribution is 7.89. The molecular weight excluding hydrogens is 442 g/mol. The Morgan fingerprint density at radius 2 is 1.81 bits per heavy atom. The van der Waals surface area contributed by atoms with E-state index in [-0.39, 0.29) is 4.90 Å². The number of sulfonamides is 1. The van der Waals surface area contributed by atoms with Crippen molar-refractivity contribution in [3.8, 4) is 0 Å². The number of fused-ring (bicyclic) bond motifs is 1. The maximum Gasteiger partial charge on any atom is 0.321 e. The zero-order valence-corrected chi connectivity index (χ0v) is 18.5. The minimum absolute atomic E-state index is 0.0179. The molecule has 0 radical (unpaired) electrons. The molecule has 0 saturated carbocycles. The molecule has 2 amide bonds. The number of nitrogens with one attached hydrogen (secondary N) is 2. The van der Waals surface area contributed by atoms with Crippen LogP contribution in [0.4, 0.5) is 5.00 Å². The highest BCUT2D eigenvalue weighted by Gasteiger charge is 2.25. The molecule has 3 rings (SSSR count). The summed E-state index contributed by atoms with van der Waals surface area (Å²) in [5.41, 5.74) is 7.57. The van der Waals surface area contributed by atoms with E-state index in [0.29, 0.717) is 10.6 Å². The fourth-order valence-corrected chi connectivity index (χ4v) is 5.51. The van der Waals surface area contributed by atoms with Gasteiger partial charge in [-0.3, -0.25) is 14.4 Å². The number of hydrogen-bond donors (Lipinski definition) is 3. The normalized spacial score (nSPS) is 13.3. The number of thiophene rings is 1. The largest absolute Gasteiger partial charge is 0.455 e. The van der Waals surface area contributed by atoms with Crippen LogP contribution in [-0.2, 0) is 37.2 Å². The number of esters is 1. The molecule has 0 unspecified atom stereocenters. The lowest BCUT2D eigenvalue weighted by Gasteiger charge is -2.11. The first-order chi connectivity index (χ1) is 14.7. The van der Waals surface area contributed by atoms with Crippen molar-refractivity contribution < 1.29 is 27.5 Å². The van der Waals surface area contributed by atoms with Crippen molar-refractivity contribution in [2.45, 2.75) is 37.5 Å². The van der Waals surface area contributed by atoms with E-state index >= 15 is 0 Å². The second-order valence-corrected chi connectivity index (χ2v) is 10.00. The van der Waals surface area contributed by atoms with Crippen LogP contribution in [0.25, 0.3) is 0 Å². The maximum absolute atomic E-state index is 12.2. The third-order valence-corrected chi connectivity index (χ3v) is 7.40. The first-order valence-electron chi connectivity index (χ1n) is 9.63. The van der Waals surface area contributed by atoms with Gasteiger partial charge in [-0.2, -0.15) is 4.72 Å². The Bertz CT molecular complexity index is 1110. The molecule has 1 aliphatic carbocycles. The van der Waals surface area contributed by atoms with Crippen molar-refractivity contribution in [3.63, 3.8) is 0 Å². The summed E-state index contributed by atoms with van der Waals surface area (Å²) in [6.45, 7) is 0.583. The second-order valence-electron chi connectivity index (χ2n) is 7.13. The molecule has 1 aromatic carbocycles. The quantitative estimate of drug-likeness (QED) is 0.504. The van der Waals surface area contributed by atoms with E-state index in [4.69, 9.17) is 10.5 Å². The number of aryl methyl sites for hydroxylation is 2. The van der Waals surface area contributed by atoms with Crippen molar-refractivity contribution >= 4 is 44.1 Å². The van der Waals surface area contributed by atoms with Gasteiger partial charge in [0.05, 0.1) is 10.5 Å². The van der Waals surface area contributed by atoms with Gasteiger partial charge in [0.2, 0.25) is 10.0 Å². The van der Waals surface area contributed by atoms with Crippen LogP contribution in [0, 0.1) is 6.92 Å². The van der Waals surface area contributed by atoms with Crippen molar-refractivity contribution in [1.29, 1.82) is 0 Å². The Balaban J connectivity index is 1.53. The number of benzene rings is 1. The van der Waals surface area contributed by atoms with Gasteiger partial charge in [-0.25, -0.2) is 8.42 Å². The van der Waals surface area contributed by atoms with Crippen LogP contribution < -0.4 is 15.8 Å². The second kappa shape index (κ2) is 9.58. The number of hydrogen-bond acceptors (Lipinski definition) is 7. The maximum atomic E-state index is 12.2. The predicted molar refractivity (Wildman–Crippen MR) is 115 cm³/mol. The number of rotatable bonds is 8. The highest BCUT2D eigenvalue weighted by Crippen LogP contribution is 2.37. The highest BCUT2D eigenvalue weighted by atomic mass is 32.2.